The first-order chi connectivity index (χ1) is 20.8. The SMILES string of the molecule is CC(NC(=O)OCC1c2ccccc2-c2ccccc21)c1nc2cccc(Cl)c2c(=O)n1N1CCN(C(=O)O)C2(CC2)C1. The van der Waals surface area contributed by atoms with Crippen molar-refractivity contribution < 1.29 is 19.4 Å². The molecule has 0 radical (unpaired) electrons. The highest BCUT2D eigenvalue weighted by Crippen LogP contribution is 2.45. The summed E-state index contributed by atoms with van der Waals surface area (Å²) in [5.41, 5.74) is 4.00. The number of amides is 2. The second-order valence-corrected chi connectivity index (χ2v) is 11.9. The fraction of sp³-hybridized carbons (Fsp3) is 0.312. The summed E-state index contributed by atoms with van der Waals surface area (Å²) < 4.78 is 7.23. The molecule has 0 bridgehead atoms. The fourth-order valence-electron chi connectivity index (χ4n) is 6.63. The van der Waals surface area contributed by atoms with Crippen LogP contribution in [0.5, 0.6) is 0 Å². The maximum Gasteiger partial charge on any atom is 0.407 e. The maximum atomic E-state index is 14.0. The van der Waals surface area contributed by atoms with E-state index in [1.165, 1.54) is 9.58 Å². The van der Waals surface area contributed by atoms with Crippen molar-refractivity contribution in [1.82, 2.24) is 19.9 Å². The molecule has 2 fully saturated rings. The molecule has 1 saturated carbocycles. The van der Waals surface area contributed by atoms with Gasteiger partial charge in [0.1, 0.15) is 6.61 Å². The topological polar surface area (TPSA) is 117 Å². The Morgan fingerprint density at radius 3 is 2.37 bits per heavy atom. The van der Waals surface area contributed by atoms with E-state index in [9.17, 15) is 19.5 Å². The van der Waals surface area contributed by atoms with Crippen molar-refractivity contribution in [3.63, 3.8) is 0 Å². The number of alkyl carbamates (subject to hydrolysis) is 1. The Balaban J connectivity index is 1.16. The van der Waals surface area contributed by atoms with Crippen LogP contribution in [0.4, 0.5) is 9.59 Å². The zero-order valence-electron chi connectivity index (χ0n) is 23.5. The molecule has 220 valence electrons. The zero-order valence-corrected chi connectivity index (χ0v) is 24.3. The van der Waals surface area contributed by atoms with Crippen molar-refractivity contribution >= 4 is 34.7 Å². The number of aromatic nitrogens is 2. The predicted octanol–water partition coefficient (Wildman–Crippen LogP) is 5.11. The third-order valence-corrected chi connectivity index (χ3v) is 9.20. The van der Waals surface area contributed by atoms with Gasteiger partial charge in [0.15, 0.2) is 5.82 Å². The summed E-state index contributed by atoms with van der Waals surface area (Å²) >= 11 is 6.45. The van der Waals surface area contributed by atoms with Gasteiger partial charge in [-0.2, -0.15) is 0 Å². The number of carbonyl (C=O) groups excluding carboxylic acids is 1. The average Bonchev–Trinajstić information content (AvgIpc) is 3.67. The number of fused-ring (bicyclic) bond motifs is 4. The van der Waals surface area contributed by atoms with Gasteiger partial charge in [0.25, 0.3) is 5.56 Å². The maximum absolute atomic E-state index is 14.0. The standard InChI is InChI=1S/C32H30ClN5O5/c1-19(34-30(40)43-17-24-22-9-4-2-7-20(22)21-8-3-5-10-23(21)24)28-35-26-12-6-11-25(33)27(26)29(39)38(28)36-15-16-37(31(41)42)32(18-36)13-14-32/h2-12,19,24H,13-18H2,1H3,(H,34,40)(H,41,42). The number of carboxylic acid groups (broad SMARTS) is 1. The van der Waals surface area contributed by atoms with Gasteiger partial charge < -0.3 is 20.2 Å². The highest BCUT2D eigenvalue weighted by molar-refractivity contribution is 6.35. The van der Waals surface area contributed by atoms with Gasteiger partial charge in [-0.15, -0.1) is 0 Å². The molecule has 4 aromatic rings. The minimum absolute atomic E-state index is 0.0900. The summed E-state index contributed by atoms with van der Waals surface area (Å²) in [7, 11) is 0. The lowest BCUT2D eigenvalue weighted by Gasteiger charge is -2.42. The number of carbonyl (C=O) groups is 2. The first-order valence-electron chi connectivity index (χ1n) is 14.4. The molecule has 1 saturated heterocycles. The third kappa shape index (κ3) is 4.57. The molecule has 2 heterocycles. The highest BCUT2D eigenvalue weighted by atomic mass is 35.5. The fourth-order valence-corrected chi connectivity index (χ4v) is 6.88. The Morgan fingerprint density at radius 1 is 1.05 bits per heavy atom. The molecule has 43 heavy (non-hydrogen) atoms. The summed E-state index contributed by atoms with van der Waals surface area (Å²) in [4.78, 5) is 45.3. The molecule has 10 nitrogen and oxygen atoms in total. The molecule has 1 aliphatic heterocycles. The van der Waals surface area contributed by atoms with Crippen molar-refractivity contribution in [2.75, 3.05) is 31.3 Å². The summed E-state index contributed by atoms with van der Waals surface area (Å²) in [5, 5.41) is 15.0. The van der Waals surface area contributed by atoms with E-state index in [4.69, 9.17) is 21.3 Å². The van der Waals surface area contributed by atoms with Crippen LogP contribution < -0.4 is 15.9 Å². The highest BCUT2D eigenvalue weighted by Gasteiger charge is 2.54. The van der Waals surface area contributed by atoms with Crippen LogP contribution in [0.15, 0.2) is 71.5 Å². The smallest absolute Gasteiger partial charge is 0.407 e. The van der Waals surface area contributed by atoms with E-state index in [1.54, 1.807) is 25.1 Å². The van der Waals surface area contributed by atoms with E-state index in [0.29, 0.717) is 17.9 Å². The van der Waals surface area contributed by atoms with Crippen molar-refractivity contribution in [3.05, 3.63) is 99.1 Å². The quantitative estimate of drug-likeness (QED) is 0.327. The van der Waals surface area contributed by atoms with Crippen LogP contribution in [0.3, 0.4) is 0 Å². The Morgan fingerprint density at radius 2 is 1.72 bits per heavy atom. The van der Waals surface area contributed by atoms with Crippen molar-refractivity contribution in [2.24, 2.45) is 0 Å². The lowest BCUT2D eigenvalue weighted by molar-refractivity contribution is 0.104. The zero-order chi connectivity index (χ0) is 29.9. The molecule has 2 amide bonds. The number of piperazine rings is 1. The van der Waals surface area contributed by atoms with E-state index in [-0.39, 0.29) is 41.6 Å². The molecule has 3 aromatic carbocycles. The minimum Gasteiger partial charge on any atom is -0.465 e. The number of nitrogens with zero attached hydrogens (tertiary/aromatic N) is 4. The van der Waals surface area contributed by atoms with E-state index in [2.05, 4.69) is 29.6 Å². The van der Waals surface area contributed by atoms with Gasteiger partial charge in [0, 0.05) is 12.5 Å². The first kappa shape index (κ1) is 27.3. The van der Waals surface area contributed by atoms with Crippen LogP contribution in [0.2, 0.25) is 5.02 Å². The lowest BCUT2D eigenvalue weighted by Crippen LogP contribution is -2.62. The number of ether oxygens (including phenoxy) is 1. The summed E-state index contributed by atoms with van der Waals surface area (Å²) in [5.74, 6) is 0.223. The molecule has 1 atom stereocenters. The van der Waals surface area contributed by atoms with Gasteiger partial charge >= 0.3 is 12.2 Å². The van der Waals surface area contributed by atoms with Crippen LogP contribution in [0, 0.1) is 0 Å². The van der Waals surface area contributed by atoms with Gasteiger partial charge in [0.2, 0.25) is 0 Å². The number of benzene rings is 3. The van der Waals surface area contributed by atoms with Crippen LogP contribution >= 0.6 is 11.6 Å². The molecule has 1 unspecified atom stereocenters. The Bertz CT molecular complexity index is 1790. The van der Waals surface area contributed by atoms with E-state index < -0.39 is 23.8 Å². The molecule has 7 rings (SSSR count). The number of hydrogen-bond acceptors (Lipinski definition) is 6. The van der Waals surface area contributed by atoms with Gasteiger partial charge in [-0.1, -0.05) is 66.2 Å². The number of halogens is 1. The van der Waals surface area contributed by atoms with Crippen molar-refractivity contribution in [3.8, 4) is 11.1 Å². The largest absolute Gasteiger partial charge is 0.465 e. The molecule has 2 aliphatic carbocycles. The minimum atomic E-state index is -0.963. The molecular formula is C32H30ClN5O5. The van der Waals surface area contributed by atoms with Crippen LogP contribution in [-0.2, 0) is 4.74 Å². The third-order valence-electron chi connectivity index (χ3n) is 8.89. The van der Waals surface area contributed by atoms with E-state index >= 15 is 0 Å². The molecular weight excluding hydrogens is 570 g/mol. The van der Waals surface area contributed by atoms with Gasteiger partial charge in [0.05, 0.1) is 40.6 Å². The second kappa shape index (κ2) is 10.3. The molecule has 11 heteroatoms. The van der Waals surface area contributed by atoms with E-state index in [1.807, 2.05) is 29.3 Å². The molecule has 3 aliphatic rings. The van der Waals surface area contributed by atoms with Crippen molar-refractivity contribution in [2.45, 2.75) is 37.3 Å². The summed E-state index contributed by atoms with van der Waals surface area (Å²) in [6.07, 6.45) is -0.157. The van der Waals surface area contributed by atoms with Crippen LogP contribution in [0.1, 0.15) is 48.7 Å². The Labute approximate surface area is 252 Å². The summed E-state index contributed by atoms with van der Waals surface area (Å²) in [6, 6.07) is 20.6. The summed E-state index contributed by atoms with van der Waals surface area (Å²) in [6.45, 7) is 2.77. The number of nitrogens with one attached hydrogen (secondary N) is 1. The van der Waals surface area contributed by atoms with Gasteiger partial charge in [-0.3, -0.25) is 9.69 Å². The van der Waals surface area contributed by atoms with Gasteiger partial charge in [-0.05, 0) is 54.2 Å². The first-order valence-corrected chi connectivity index (χ1v) is 14.7. The Kier molecular flexibility index (Phi) is 6.54. The van der Waals surface area contributed by atoms with Crippen molar-refractivity contribution in [1.29, 1.82) is 0 Å². The lowest BCUT2D eigenvalue weighted by atomic mass is 9.98. The van der Waals surface area contributed by atoms with E-state index in [0.717, 1.165) is 35.1 Å². The Hall–Kier alpha value is -4.57. The van der Waals surface area contributed by atoms with Gasteiger partial charge in [-0.25, -0.2) is 19.2 Å². The van der Waals surface area contributed by atoms with Crippen LogP contribution in [-0.4, -0.2) is 63.6 Å². The predicted molar refractivity (Wildman–Crippen MR) is 162 cm³/mol. The van der Waals surface area contributed by atoms with Crippen LogP contribution in [0.25, 0.3) is 22.0 Å². The molecule has 1 spiro atoms. The average molecular weight is 600 g/mol. The molecule has 1 aromatic heterocycles. The monoisotopic (exact) mass is 599 g/mol. The number of rotatable bonds is 5. The normalized spacial score (nSPS) is 17.4. The number of hydrogen-bond donors (Lipinski definition) is 2. The molecule has 2 N–H and O–H groups in total. The second-order valence-electron chi connectivity index (χ2n) is 11.5.